The molecular weight excluding hydrogens is 384 g/mol. The number of aliphatic hydroxyl groups is 2. The molecule has 0 aromatic carbocycles. The molecule has 29 heavy (non-hydrogen) atoms. The summed E-state index contributed by atoms with van der Waals surface area (Å²) in [4.78, 5) is 34.3. The number of amides is 2. The predicted molar refractivity (Wildman–Crippen MR) is 105 cm³/mol. The van der Waals surface area contributed by atoms with Crippen molar-refractivity contribution in [3.05, 3.63) is 12.2 Å². The lowest BCUT2D eigenvalue weighted by atomic mass is 9.82. The number of esters is 1. The first-order valence-corrected chi connectivity index (χ1v) is 9.43. The van der Waals surface area contributed by atoms with E-state index in [0.717, 1.165) is 12.8 Å². The number of ether oxygens (including phenoxy) is 3. The second-order valence-electron chi connectivity index (χ2n) is 7.64. The molecule has 0 fully saturated rings. The van der Waals surface area contributed by atoms with Gasteiger partial charge in [0.1, 0.15) is 6.61 Å². The largest absolute Gasteiger partial charge is 0.447 e. The Balaban J connectivity index is 4.08. The Labute approximate surface area is 171 Å². The van der Waals surface area contributed by atoms with E-state index < -0.39 is 31.1 Å². The van der Waals surface area contributed by atoms with E-state index in [9.17, 15) is 19.5 Å². The van der Waals surface area contributed by atoms with Crippen LogP contribution in [0.2, 0.25) is 0 Å². The number of nitrogens with one attached hydrogen (secondary N) is 2. The van der Waals surface area contributed by atoms with Crippen LogP contribution in [-0.4, -0.2) is 67.6 Å². The van der Waals surface area contributed by atoms with Gasteiger partial charge in [-0.1, -0.05) is 27.4 Å². The molecule has 2 unspecified atom stereocenters. The zero-order valence-electron chi connectivity index (χ0n) is 17.7. The molecule has 0 rings (SSSR count). The lowest BCUT2D eigenvalue weighted by Crippen LogP contribution is -2.37. The molecule has 0 spiro atoms. The lowest BCUT2D eigenvalue weighted by Gasteiger charge is -2.28. The number of hydrogen-bond donors (Lipinski definition) is 4. The molecule has 0 radical (unpaired) electrons. The molecule has 10 heteroatoms. The van der Waals surface area contributed by atoms with Gasteiger partial charge in [0.25, 0.3) is 0 Å². The first-order valence-electron chi connectivity index (χ1n) is 9.43. The van der Waals surface area contributed by atoms with Crippen LogP contribution in [0.1, 0.15) is 40.5 Å². The van der Waals surface area contributed by atoms with Crippen LogP contribution in [0.15, 0.2) is 12.2 Å². The molecular formula is C19H34N2O8. The highest BCUT2D eigenvalue weighted by atomic mass is 16.7. The average molecular weight is 418 g/mol. The first kappa shape index (κ1) is 26.7. The molecule has 0 bridgehead atoms. The van der Waals surface area contributed by atoms with Gasteiger partial charge >= 0.3 is 18.2 Å². The summed E-state index contributed by atoms with van der Waals surface area (Å²) in [6, 6.07) is 0. The Kier molecular flexibility index (Phi) is 12.7. The zero-order chi connectivity index (χ0) is 22.4. The Morgan fingerprint density at radius 3 is 2.34 bits per heavy atom. The van der Waals surface area contributed by atoms with Crippen molar-refractivity contribution in [2.24, 2.45) is 11.3 Å². The molecule has 4 N–H and O–H groups in total. The smallest absolute Gasteiger partial charge is 0.407 e. The monoisotopic (exact) mass is 418 g/mol. The maximum absolute atomic E-state index is 11.8. The fourth-order valence-corrected chi connectivity index (χ4v) is 2.50. The van der Waals surface area contributed by atoms with Crippen LogP contribution in [0, 0.1) is 11.3 Å². The van der Waals surface area contributed by atoms with Crippen molar-refractivity contribution >= 4 is 18.2 Å². The summed E-state index contributed by atoms with van der Waals surface area (Å²) in [5.41, 5.74) is -0.109. The third-order valence-electron chi connectivity index (χ3n) is 3.79. The SMILES string of the molecule is C=C(C)C(=O)OC(O)COC(=O)NCC(C)(C)CC(C)CCNC(=O)OCCO. The van der Waals surface area contributed by atoms with Crippen LogP contribution in [0.4, 0.5) is 9.59 Å². The second-order valence-corrected chi connectivity index (χ2v) is 7.64. The molecule has 0 heterocycles. The highest BCUT2D eigenvalue weighted by molar-refractivity contribution is 5.87. The molecule has 0 saturated carbocycles. The van der Waals surface area contributed by atoms with Gasteiger partial charge in [0.2, 0.25) is 6.29 Å². The van der Waals surface area contributed by atoms with Gasteiger partial charge in [0, 0.05) is 18.7 Å². The van der Waals surface area contributed by atoms with Crippen molar-refractivity contribution in [2.45, 2.75) is 46.8 Å². The van der Waals surface area contributed by atoms with Crippen LogP contribution < -0.4 is 10.6 Å². The van der Waals surface area contributed by atoms with Gasteiger partial charge in [0.15, 0.2) is 6.61 Å². The summed E-state index contributed by atoms with van der Waals surface area (Å²) >= 11 is 0. The number of hydrogen-bond acceptors (Lipinski definition) is 8. The van der Waals surface area contributed by atoms with E-state index in [4.69, 9.17) is 14.6 Å². The number of aliphatic hydroxyl groups excluding tert-OH is 2. The van der Waals surface area contributed by atoms with Crippen LogP contribution in [0.3, 0.4) is 0 Å². The van der Waals surface area contributed by atoms with Gasteiger partial charge in [-0.2, -0.15) is 0 Å². The molecule has 0 aromatic heterocycles. The molecule has 2 atom stereocenters. The van der Waals surface area contributed by atoms with E-state index in [-0.39, 0.29) is 30.1 Å². The van der Waals surface area contributed by atoms with Crippen molar-refractivity contribution in [2.75, 3.05) is 32.9 Å². The van der Waals surface area contributed by atoms with Crippen LogP contribution >= 0.6 is 0 Å². The van der Waals surface area contributed by atoms with E-state index in [0.29, 0.717) is 13.1 Å². The normalized spacial score (nSPS) is 13.0. The number of carbonyl (C=O) groups excluding carboxylic acids is 3. The average Bonchev–Trinajstić information content (AvgIpc) is 2.62. The quantitative estimate of drug-likeness (QED) is 0.152. The molecule has 168 valence electrons. The van der Waals surface area contributed by atoms with E-state index in [2.05, 4.69) is 21.9 Å². The number of rotatable bonds is 13. The highest BCUT2D eigenvalue weighted by Gasteiger charge is 2.23. The topological polar surface area (TPSA) is 143 Å². The van der Waals surface area contributed by atoms with Crippen molar-refractivity contribution in [1.82, 2.24) is 10.6 Å². The van der Waals surface area contributed by atoms with E-state index >= 15 is 0 Å². The van der Waals surface area contributed by atoms with Crippen molar-refractivity contribution in [3.63, 3.8) is 0 Å². The van der Waals surface area contributed by atoms with Gasteiger partial charge in [-0.15, -0.1) is 0 Å². The van der Waals surface area contributed by atoms with Gasteiger partial charge in [-0.3, -0.25) is 0 Å². The molecule has 2 amide bonds. The highest BCUT2D eigenvalue weighted by Crippen LogP contribution is 2.26. The molecule has 10 nitrogen and oxygen atoms in total. The second kappa shape index (κ2) is 13.8. The summed E-state index contributed by atoms with van der Waals surface area (Å²) in [6.07, 6.45) is -1.35. The first-order chi connectivity index (χ1) is 13.5. The maximum atomic E-state index is 11.8. The van der Waals surface area contributed by atoms with Gasteiger partial charge in [-0.05, 0) is 31.1 Å². The molecule has 0 aliphatic carbocycles. The maximum Gasteiger partial charge on any atom is 0.407 e. The third kappa shape index (κ3) is 14.3. The van der Waals surface area contributed by atoms with E-state index in [1.54, 1.807) is 0 Å². The number of alkyl carbamates (subject to hydrolysis) is 2. The fourth-order valence-electron chi connectivity index (χ4n) is 2.50. The van der Waals surface area contributed by atoms with Gasteiger partial charge in [-0.25, -0.2) is 14.4 Å². The van der Waals surface area contributed by atoms with Gasteiger partial charge in [0.05, 0.1) is 6.61 Å². The summed E-state index contributed by atoms with van der Waals surface area (Å²) in [6.45, 7) is 10.9. The predicted octanol–water partition coefficient (Wildman–Crippen LogP) is 1.31. The summed E-state index contributed by atoms with van der Waals surface area (Å²) in [5, 5.41) is 23.3. The lowest BCUT2D eigenvalue weighted by molar-refractivity contribution is -0.168. The van der Waals surface area contributed by atoms with Crippen LogP contribution in [0.5, 0.6) is 0 Å². The summed E-state index contributed by atoms with van der Waals surface area (Å²) in [5.74, 6) is -0.503. The molecule has 0 aliphatic rings. The number of carbonyl (C=O) groups is 3. The van der Waals surface area contributed by atoms with Gasteiger partial charge < -0.3 is 35.1 Å². The van der Waals surface area contributed by atoms with E-state index in [1.165, 1.54) is 6.92 Å². The minimum absolute atomic E-state index is 0.0382. The summed E-state index contributed by atoms with van der Waals surface area (Å²) < 4.78 is 14.1. The Morgan fingerprint density at radius 1 is 1.14 bits per heavy atom. The minimum Gasteiger partial charge on any atom is -0.447 e. The van der Waals surface area contributed by atoms with Crippen molar-refractivity contribution < 1.29 is 38.8 Å². The van der Waals surface area contributed by atoms with Crippen LogP contribution in [-0.2, 0) is 19.0 Å². The Morgan fingerprint density at radius 2 is 1.76 bits per heavy atom. The molecule has 0 aromatic rings. The Bertz CT molecular complexity index is 550. The molecule has 0 saturated heterocycles. The van der Waals surface area contributed by atoms with Crippen molar-refractivity contribution in [3.8, 4) is 0 Å². The zero-order valence-corrected chi connectivity index (χ0v) is 17.7. The third-order valence-corrected chi connectivity index (χ3v) is 3.79. The fraction of sp³-hybridized carbons (Fsp3) is 0.737. The van der Waals surface area contributed by atoms with E-state index in [1.807, 2.05) is 20.8 Å². The standard InChI is InChI=1S/C19H34N2O8/c1-13(2)16(24)29-15(23)11-28-18(26)21-12-19(4,5)10-14(3)6-7-20-17(25)27-9-8-22/h14-15,22-23H,1,6-12H2,2-5H3,(H,20,25)(H,21,26). The Hall–Kier alpha value is -2.33. The van der Waals surface area contributed by atoms with Crippen molar-refractivity contribution in [1.29, 1.82) is 0 Å². The summed E-state index contributed by atoms with van der Waals surface area (Å²) in [7, 11) is 0. The molecule has 0 aliphatic heterocycles. The minimum atomic E-state index is -1.56. The van der Waals surface area contributed by atoms with Crippen LogP contribution in [0.25, 0.3) is 0 Å².